The van der Waals surface area contributed by atoms with E-state index in [1.165, 1.54) is 6.08 Å². The van der Waals surface area contributed by atoms with Crippen molar-refractivity contribution in [2.24, 2.45) is 0 Å². The van der Waals surface area contributed by atoms with Crippen LogP contribution in [0.2, 0.25) is 0 Å². The molecule has 1 aliphatic carbocycles. The SMILES string of the molecule is O=CNC(CN[C@@H]1C=C(CO)C(O)[C@H](O)C1O)C(O)c1ccccc1. The third-order valence-corrected chi connectivity index (χ3v) is 4.38. The molecule has 2 rings (SSSR count). The number of nitrogens with one attached hydrogen (secondary N) is 2. The second-order valence-electron chi connectivity index (χ2n) is 6.01. The van der Waals surface area contributed by atoms with Crippen molar-refractivity contribution in [2.45, 2.75) is 36.5 Å². The van der Waals surface area contributed by atoms with E-state index in [1.807, 2.05) is 6.07 Å². The molecule has 0 aromatic heterocycles. The number of hydrogen-bond donors (Lipinski definition) is 7. The van der Waals surface area contributed by atoms with Crippen LogP contribution in [0.25, 0.3) is 0 Å². The van der Waals surface area contributed by atoms with Crippen molar-refractivity contribution in [1.82, 2.24) is 10.6 Å². The van der Waals surface area contributed by atoms with Gasteiger partial charge in [-0.15, -0.1) is 0 Å². The molecule has 0 fully saturated rings. The van der Waals surface area contributed by atoms with Crippen molar-refractivity contribution < 1.29 is 30.3 Å². The van der Waals surface area contributed by atoms with Crippen LogP contribution in [0.15, 0.2) is 42.0 Å². The van der Waals surface area contributed by atoms with Crippen LogP contribution in [0.3, 0.4) is 0 Å². The summed E-state index contributed by atoms with van der Waals surface area (Å²) in [5.74, 6) is 0. The monoisotopic (exact) mass is 352 g/mol. The molecule has 1 aliphatic rings. The molecular formula is C17H24N2O6. The number of rotatable bonds is 8. The molecule has 25 heavy (non-hydrogen) atoms. The molecule has 0 bridgehead atoms. The number of carbonyl (C=O) groups excluding carboxylic acids is 1. The van der Waals surface area contributed by atoms with Crippen LogP contribution in [0.5, 0.6) is 0 Å². The summed E-state index contributed by atoms with van der Waals surface area (Å²) in [6.45, 7) is -0.361. The van der Waals surface area contributed by atoms with E-state index in [1.54, 1.807) is 24.3 Å². The van der Waals surface area contributed by atoms with E-state index >= 15 is 0 Å². The molecule has 0 heterocycles. The van der Waals surface area contributed by atoms with Gasteiger partial charge in [-0.2, -0.15) is 0 Å². The maximum absolute atomic E-state index is 10.8. The molecule has 4 unspecified atom stereocenters. The van der Waals surface area contributed by atoms with E-state index in [9.17, 15) is 30.3 Å². The topological polar surface area (TPSA) is 142 Å². The minimum absolute atomic E-state index is 0.0918. The van der Waals surface area contributed by atoms with Gasteiger partial charge in [-0.05, 0) is 11.1 Å². The lowest BCUT2D eigenvalue weighted by Gasteiger charge is -2.35. The number of aliphatic hydroxyl groups is 5. The van der Waals surface area contributed by atoms with Gasteiger partial charge in [0, 0.05) is 6.54 Å². The van der Waals surface area contributed by atoms with Crippen molar-refractivity contribution >= 4 is 6.41 Å². The summed E-state index contributed by atoms with van der Waals surface area (Å²) in [4.78, 5) is 10.8. The quantitative estimate of drug-likeness (QED) is 0.208. The van der Waals surface area contributed by atoms with Gasteiger partial charge in [0.15, 0.2) is 0 Å². The fourth-order valence-corrected chi connectivity index (χ4v) is 2.87. The molecule has 0 saturated carbocycles. The Morgan fingerprint density at radius 2 is 1.80 bits per heavy atom. The van der Waals surface area contributed by atoms with Crippen LogP contribution >= 0.6 is 0 Å². The van der Waals surface area contributed by atoms with Gasteiger partial charge in [-0.3, -0.25) is 4.79 Å². The van der Waals surface area contributed by atoms with Crippen LogP contribution in [0.1, 0.15) is 11.7 Å². The van der Waals surface area contributed by atoms with Gasteiger partial charge in [-0.1, -0.05) is 36.4 Å². The van der Waals surface area contributed by atoms with Crippen LogP contribution < -0.4 is 10.6 Å². The van der Waals surface area contributed by atoms with Crippen LogP contribution in [-0.2, 0) is 4.79 Å². The molecule has 1 aromatic carbocycles. The van der Waals surface area contributed by atoms with Gasteiger partial charge in [0.1, 0.15) is 24.4 Å². The largest absolute Gasteiger partial charge is 0.392 e. The maximum Gasteiger partial charge on any atom is 0.207 e. The first kappa shape index (κ1) is 19.5. The fourth-order valence-electron chi connectivity index (χ4n) is 2.87. The van der Waals surface area contributed by atoms with Gasteiger partial charge in [0.2, 0.25) is 6.41 Å². The second kappa shape index (κ2) is 9.04. The molecule has 1 aromatic rings. The Labute approximate surface area is 145 Å². The number of aliphatic hydroxyl groups excluding tert-OH is 5. The van der Waals surface area contributed by atoms with E-state index in [4.69, 9.17) is 0 Å². The lowest BCUT2D eigenvalue weighted by Crippen LogP contribution is -2.56. The Balaban J connectivity index is 2.07. The molecule has 0 aliphatic heterocycles. The smallest absolute Gasteiger partial charge is 0.207 e. The first-order chi connectivity index (χ1) is 12.0. The highest BCUT2D eigenvalue weighted by atomic mass is 16.4. The van der Waals surface area contributed by atoms with E-state index in [2.05, 4.69) is 10.6 Å². The zero-order chi connectivity index (χ0) is 18.4. The zero-order valence-electron chi connectivity index (χ0n) is 13.6. The normalized spacial score (nSPS) is 28.8. The summed E-state index contributed by atoms with van der Waals surface area (Å²) in [7, 11) is 0. The molecule has 1 amide bonds. The van der Waals surface area contributed by atoms with Crippen molar-refractivity contribution in [3.8, 4) is 0 Å². The summed E-state index contributed by atoms with van der Waals surface area (Å²) in [5.41, 5.74) is 0.814. The van der Waals surface area contributed by atoms with Gasteiger partial charge in [0.05, 0.1) is 18.7 Å². The molecule has 7 N–H and O–H groups in total. The van der Waals surface area contributed by atoms with Crippen LogP contribution in [0.4, 0.5) is 0 Å². The van der Waals surface area contributed by atoms with Gasteiger partial charge in [0.25, 0.3) is 0 Å². The third kappa shape index (κ3) is 4.63. The summed E-state index contributed by atoms with van der Waals surface area (Å²) in [6.07, 6.45) is -3.14. The summed E-state index contributed by atoms with van der Waals surface area (Å²) >= 11 is 0. The van der Waals surface area contributed by atoms with Crippen LogP contribution in [0, 0.1) is 0 Å². The highest BCUT2D eigenvalue weighted by molar-refractivity contribution is 5.47. The Hall–Kier alpha value is -1.81. The maximum atomic E-state index is 10.8. The average Bonchev–Trinajstić information content (AvgIpc) is 2.64. The number of amides is 1. The number of hydrogen-bond acceptors (Lipinski definition) is 7. The molecule has 8 heteroatoms. The lowest BCUT2D eigenvalue weighted by molar-refractivity contribution is -0.111. The first-order valence-corrected chi connectivity index (χ1v) is 8.01. The summed E-state index contributed by atoms with van der Waals surface area (Å²) in [5, 5.41) is 54.8. The average molecular weight is 352 g/mol. The summed E-state index contributed by atoms with van der Waals surface area (Å²) < 4.78 is 0. The third-order valence-electron chi connectivity index (χ3n) is 4.38. The van der Waals surface area contributed by atoms with Crippen LogP contribution in [-0.4, -0.2) is 75.5 Å². The van der Waals surface area contributed by atoms with E-state index in [-0.39, 0.29) is 12.1 Å². The molecule has 0 spiro atoms. The highest BCUT2D eigenvalue weighted by Gasteiger charge is 2.37. The molecule has 138 valence electrons. The summed E-state index contributed by atoms with van der Waals surface area (Å²) in [6, 6.07) is 7.36. The van der Waals surface area contributed by atoms with Crippen molar-refractivity contribution in [3.05, 3.63) is 47.5 Å². The van der Waals surface area contributed by atoms with Gasteiger partial charge < -0.3 is 36.2 Å². The second-order valence-corrected chi connectivity index (χ2v) is 6.01. The van der Waals surface area contributed by atoms with Crippen molar-refractivity contribution in [2.75, 3.05) is 13.2 Å². The van der Waals surface area contributed by atoms with E-state index in [0.717, 1.165) is 0 Å². The fraction of sp³-hybridized carbons (Fsp3) is 0.471. The Kier molecular flexibility index (Phi) is 7.06. The van der Waals surface area contributed by atoms with E-state index in [0.29, 0.717) is 12.0 Å². The Morgan fingerprint density at radius 3 is 2.40 bits per heavy atom. The number of benzene rings is 1. The van der Waals surface area contributed by atoms with E-state index < -0.39 is 43.1 Å². The minimum atomic E-state index is -1.44. The van der Waals surface area contributed by atoms with Crippen molar-refractivity contribution in [3.63, 3.8) is 0 Å². The minimum Gasteiger partial charge on any atom is -0.392 e. The molecule has 0 saturated heterocycles. The predicted octanol–water partition coefficient (Wildman–Crippen LogP) is -2.19. The molecule has 0 radical (unpaired) electrons. The standard InChI is InChI=1S/C17H24N2O6/c20-8-11-6-12(16(24)17(25)15(11)23)18-7-13(19-9-21)14(22)10-4-2-1-3-5-10/h1-6,9,12-18,20,22-25H,7-8H2,(H,19,21)/t12-,13?,14?,15?,16?,17+/m1/s1. The molecular weight excluding hydrogens is 328 g/mol. The Morgan fingerprint density at radius 1 is 1.12 bits per heavy atom. The number of carbonyl (C=O) groups is 1. The Bertz CT molecular complexity index is 582. The van der Waals surface area contributed by atoms with Gasteiger partial charge in [-0.25, -0.2) is 0 Å². The van der Waals surface area contributed by atoms with Gasteiger partial charge >= 0.3 is 0 Å². The highest BCUT2D eigenvalue weighted by Crippen LogP contribution is 2.21. The zero-order valence-corrected chi connectivity index (χ0v) is 13.6. The lowest BCUT2D eigenvalue weighted by atomic mass is 9.88. The van der Waals surface area contributed by atoms with Crippen molar-refractivity contribution in [1.29, 1.82) is 0 Å². The molecule has 8 nitrogen and oxygen atoms in total. The predicted molar refractivity (Wildman–Crippen MR) is 89.4 cm³/mol. The molecule has 6 atom stereocenters. The first-order valence-electron chi connectivity index (χ1n) is 8.01.